The molecule has 0 aliphatic carbocycles. The number of methoxy groups -OCH3 is 2. The molecule has 0 atom stereocenters. The van der Waals surface area contributed by atoms with Gasteiger partial charge in [0.2, 0.25) is 5.91 Å². The molecule has 0 unspecified atom stereocenters. The molecular weight excluding hydrogens is 394 g/mol. The molecule has 7 nitrogen and oxygen atoms in total. The molecule has 0 saturated heterocycles. The summed E-state index contributed by atoms with van der Waals surface area (Å²) in [6.45, 7) is 2.14. The molecule has 1 aromatic carbocycles. The summed E-state index contributed by atoms with van der Waals surface area (Å²) in [6.07, 6.45) is 12.8. The first-order valence-corrected chi connectivity index (χ1v) is 10.9. The lowest BCUT2D eigenvalue weighted by molar-refractivity contribution is -0.126. The SMILES string of the molecule is C.CCCCCCCCCCCC(=O)NCC(=O)N/N=C/c1ccc(OC)c(OC)c1. The highest BCUT2D eigenvalue weighted by Crippen LogP contribution is 2.26. The van der Waals surface area contributed by atoms with Crippen molar-refractivity contribution >= 4 is 18.0 Å². The van der Waals surface area contributed by atoms with Crippen molar-refractivity contribution < 1.29 is 19.1 Å². The summed E-state index contributed by atoms with van der Waals surface area (Å²) in [4.78, 5) is 23.6. The molecule has 2 N–H and O–H groups in total. The third-order valence-electron chi connectivity index (χ3n) is 4.76. The lowest BCUT2D eigenvalue weighted by Crippen LogP contribution is -2.34. The van der Waals surface area contributed by atoms with E-state index in [1.807, 2.05) is 0 Å². The Morgan fingerprint density at radius 2 is 1.52 bits per heavy atom. The summed E-state index contributed by atoms with van der Waals surface area (Å²) < 4.78 is 10.4. The van der Waals surface area contributed by atoms with E-state index >= 15 is 0 Å². The molecule has 0 aliphatic heterocycles. The Balaban J connectivity index is 0.00000900. The Bertz CT molecular complexity index is 662. The standard InChI is InChI=1S/C23H37N3O4.CH4/c1-4-5-6-7-8-9-10-11-12-13-22(27)24-18-23(28)26-25-17-19-14-15-20(29-2)21(16-19)30-3;/h14-17H,4-13,18H2,1-3H3,(H,24,27)(H,26,28);1H4/b25-17+;. The van der Waals surface area contributed by atoms with Gasteiger partial charge < -0.3 is 14.8 Å². The van der Waals surface area contributed by atoms with Gasteiger partial charge in [0.1, 0.15) is 0 Å². The fourth-order valence-electron chi connectivity index (χ4n) is 3.01. The zero-order valence-corrected chi connectivity index (χ0v) is 18.7. The van der Waals surface area contributed by atoms with E-state index in [9.17, 15) is 9.59 Å². The lowest BCUT2D eigenvalue weighted by atomic mass is 10.1. The maximum absolute atomic E-state index is 11.8. The van der Waals surface area contributed by atoms with Gasteiger partial charge >= 0.3 is 0 Å². The highest BCUT2D eigenvalue weighted by atomic mass is 16.5. The van der Waals surface area contributed by atoms with Crippen LogP contribution in [-0.2, 0) is 9.59 Å². The van der Waals surface area contributed by atoms with Crippen LogP contribution in [0.1, 0.15) is 84.1 Å². The zero-order valence-electron chi connectivity index (χ0n) is 18.7. The van der Waals surface area contributed by atoms with Crippen molar-refractivity contribution in [2.45, 2.75) is 78.6 Å². The normalized spacial score (nSPS) is 10.4. The molecule has 1 aromatic rings. The first-order chi connectivity index (χ1) is 14.6. The predicted octanol–water partition coefficient (Wildman–Crippen LogP) is 4.83. The van der Waals surface area contributed by atoms with Crippen molar-refractivity contribution in [2.75, 3.05) is 20.8 Å². The van der Waals surface area contributed by atoms with E-state index in [4.69, 9.17) is 9.47 Å². The Morgan fingerprint density at radius 1 is 0.903 bits per heavy atom. The summed E-state index contributed by atoms with van der Waals surface area (Å²) in [7, 11) is 3.12. The van der Waals surface area contributed by atoms with Gasteiger partial charge in [-0.15, -0.1) is 0 Å². The van der Waals surface area contributed by atoms with Gasteiger partial charge in [-0.1, -0.05) is 65.7 Å². The minimum atomic E-state index is -0.368. The fraction of sp³-hybridized carbons (Fsp3) is 0.625. The van der Waals surface area contributed by atoms with Crippen LogP contribution in [0.25, 0.3) is 0 Å². The lowest BCUT2D eigenvalue weighted by Gasteiger charge is -2.07. The second-order valence-electron chi connectivity index (χ2n) is 7.26. The molecule has 0 aromatic heterocycles. The van der Waals surface area contributed by atoms with Gasteiger partial charge in [0.05, 0.1) is 27.0 Å². The maximum Gasteiger partial charge on any atom is 0.259 e. The predicted molar refractivity (Wildman–Crippen MR) is 127 cm³/mol. The van der Waals surface area contributed by atoms with Crippen molar-refractivity contribution in [1.29, 1.82) is 0 Å². The summed E-state index contributed by atoms with van der Waals surface area (Å²) in [5.41, 5.74) is 3.15. The summed E-state index contributed by atoms with van der Waals surface area (Å²) in [5.74, 6) is 0.731. The molecule has 0 aliphatic rings. The molecule has 1 rings (SSSR count). The average Bonchev–Trinajstić information content (AvgIpc) is 2.76. The quantitative estimate of drug-likeness (QED) is 0.221. The number of unbranched alkanes of at least 4 members (excludes halogenated alkanes) is 8. The first-order valence-electron chi connectivity index (χ1n) is 10.9. The molecule has 0 fully saturated rings. The van der Waals surface area contributed by atoms with Crippen LogP contribution >= 0.6 is 0 Å². The van der Waals surface area contributed by atoms with E-state index in [1.165, 1.54) is 51.2 Å². The van der Waals surface area contributed by atoms with Crippen LogP contribution in [0.4, 0.5) is 0 Å². The van der Waals surface area contributed by atoms with E-state index in [0.29, 0.717) is 17.9 Å². The molecule has 0 spiro atoms. The first kappa shape index (κ1) is 28.4. The number of nitrogens with zero attached hydrogens (tertiary/aromatic N) is 1. The second kappa shape index (κ2) is 18.2. The summed E-state index contributed by atoms with van der Waals surface area (Å²) in [6, 6.07) is 5.31. The number of nitrogens with one attached hydrogen (secondary N) is 2. The largest absolute Gasteiger partial charge is 0.493 e. The van der Waals surface area contributed by atoms with Gasteiger partial charge in [0.25, 0.3) is 5.91 Å². The van der Waals surface area contributed by atoms with Crippen LogP contribution in [0.5, 0.6) is 11.5 Å². The smallest absolute Gasteiger partial charge is 0.259 e. The number of amides is 2. The van der Waals surface area contributed by atoms with E-state index in [-0.39, 0.29) is 25.8 Å². The minimum Gasteiger partial charge on any atom is -0.493 e. The topological polar surface area (TPSA) is 89.0 Å². The number of hydrogen-bond donors (Lipinski definition) is 2. The maximum atomic E-state index is 11.8. The average molecular weight is 436 g/mol. The van der Waals surface area contributed by atoms with E-state index in [2.05, 4.69) is 22.8 Å². The van der Waals surface area contributed by atoms with Crippen LogP contribution in [0.2, 0.25) is 0 Å². The van der Waals surface area contributed by atoms with Crippen LogP contribution in [-0.4, -0.2) is 38.8 Å². The van der Waals surface area contributed by atoms with Crippen LogP contribution < -0.4 is 20.2 Å². The number of hydrazone groups is 1. The number of benzene rings is 1. The van der Waals surface area contributed by atoms with Gasteiger partial charge in [0.15, 0.2) is 11.5 Å². The highest BCUT2D eigenvalue weighted by Gasteiger charge is 2.05. The molecule has 7 heteroatoms. The monoisotopic (exact) mass is 435 g/mol. The van der Waals surface area contributed by atoms with Crippen molar-refractivity contribution in [2.24, 2.45) is 5.10 Å². The van der Waals surface area contributed by atoms with Crippen molar-refractivity contribution in [1.82, 2.24) is 10.7 Å². The van der Waals surface area contributed by atoms with Crippen LogP contribution in [0.3, 0.4) is 0 Å². The highest BCUT2D eigenvalue weighted by molar-refractivity contribution is 5.86. The molecule has 176 valence electrons. The Hall–Kier alpha value is -2.57. The minimum absolute atomic E-state index is 0. The Kier molecular flexibility index (Phi) is 16.7. The second-order valence-corrected chi connectivity index (χ2v) is 7.26. The van der Waals surface area contributed by atoms with Gasteiger partial charge in [-0.3, -0.25) is 9.59 Å². The van der Waals surface area contributed by atoms with Gasteiger partial charge in [-0.25, -0.2) is 5.43 Å². The van der Waals surface area contributed by atoms with Crippen LogP contribution in [0, 0.1) is 0 Å². The van der Waals surface area contributed by atoms with Gasteiger partial charge in [-0.2, -0.15) is 5.10 Å². The molecule has 0 radical (unpaired) electrons. The Labute approximate surface area is 188 Å². The van der Waals surface area contributed by atoms with Crippen molar-refractivity contribution in [3.05, 3.63) is 23.8 Å². The number of carbonyl (C=O) groups is 2. The van der Waals surface area contributed by atoms with Gasteiger partial charge in [-0.05, 0) is 30.2 Å². The molecule has 0 saturated carbocycles. The molecule has 31 heavy (non-hydrogen) atoms. The third-order valence-corrected chi connectivity index (χ3v) is 4.76. The van der Waals surface area contributed by atoms with E-state index in [0.717, 1.165) is 18.4 Å². The molecule has 0 bridgehead atoms. The van der Waals surface area contributed by atoms with E-state index < -0.39 is 0 Å². The fourth-order valence-corrected chi connectivity index (χ4v) is 3.01. The molecular formula is C24H41N3O4. The summed E-state index contributed by atoms with van der Waals surface area (Å²) in [5, 5.41) is 6.53. The Morgan fingerprint density at radius 3 is 2.13 bits per heavy atom. The number of carbonyl (C=O) groups excluding carboxylic acids is 2. The van der Waals surface area contributed by atoms with Crippen molar-refractivity contribution in [3.8, 4) is 11.5 Å². The van der Waals surface area contributed by atoms with E-state index in [1.54, 1.807) is 32.4 Å². The summed E-state index contributed by atoms with van der Waals surface area (Å²) >= 11 is 0. The van der Waals surface area contributed by atoms with Crippen molar-refractivity contribution in [3.63, 3.8) is 0 Å². The zero-order chi connectivity index (χ0) is 22.0. The molecule has 2 amide bonds. The number of hydrogen-bond acceptors (Lipinski definition) is 5. The molecule has 0 heterocycles. The number of rotatable bonds is 16. The number of ether oxygens (including phenoxy) is 2. The van der Waals surface area contributed by atoms with Gasteiger partial charge in [0, 0.05) is 6.42 Å². The van der Waals surface area contributed by atoms with Crippen LogP contribution in [0.15, 0.2) is 23.3 Å². The third kappa shape index (κ3) is 13.4.